The Labute approximate surface area is 173 Å². The highest BCUT2D eigenvalue weighted by Gasteiger charge is 2.59. The summed E-state index contributed by atoms with van der Waals surface area (Å²) in [6, 6.07) is 21.7. The molecule has 2 aliphatic rings. The average molecular weight is 405 g/mol. The molecule has 3 aromatic rings. The molecule has 144 valence electrons. The number of carbonyl (C=O) groups excluding carboxylic acids is 2. The fraction of sp³-hybridized carbons (Fsp3) is 0.130. The van der Waals surface area contributed by atoms with E-state index in [0.717, 1.165) is 5.56 Å². The molecule has 6 heteroatoms. The number of ether oxygens (including phenoxy) is 1. The second kappa shape index (κ2) is 6.44. The van der Waals surface area contributed by atoms with Gasteiger partial charge in [0.05, 0.1) is 28.6 Å². The molecule has 5 rings (SSSR count). The third-order valence-electron chi connectivity index (χ3n) is 5.52. The van der Waals surface area contributed by atoms with Crippen molar-refractivity contribution in [2.45, 2.75) is 12.3 Å². The summed E-state index contributed by atoms with van der Waals surface area (Å²) < 4.78 is 6.23. The van der Waals surface area contributed by atoms with E-state index in [4.69, 9.17) is 16.3 Å². The summed E-state index contributed by atoms with van der Waals surface area (Å²) in [5, 5.41) is 0.322. The first-order valence-electron chi connectivity index (χ1n) is 9.24. The Morgan fingerprint density at radius 1 is 0.966 bits per heavy atom. The molecule has 0 aromatic heterocycles. The largest absolute Gasteiger partial charge is 0.338 e. The van der Waals surface area contributed by atoms with E-state index in [2.05, 4.69) is 0 Å². The minimum absolute atomic E-state index is 0.219. The Morgan fingerprint density at radius 3 is 2.41 bits per heavy atom. The lowest BCUT2D eigenvalue weighted by Gasteiger charge is -2.43. The quantitative estimate of drug-likeness (QED) is 0.606. The molecule has 29 heavy (non-hydrogen) atoms. The Kier molecular flexibility index (Phi) is 3.98. The first-order chi connectivity index (χ1) is 14.1. The van der Waals surface area contributed by atoms with Gasteiger partial charge in [0, 0.05) is 18.2 Å². The zero-order valence-corrected chi connectivity index (χ0v) is 16.4. The van der Waals surface area contributed by atoms with Gasteiger partial charge in [-0.2, -0.15) is 0 Å². The van der Waals surface area contributed by atoms with Gasteiger partial charge in [-0.25, -0.2) is 0 Å². The number of hydrogen-bond acceptors (Lipinski definition) is 3. The SMILES string of the molecule is CN1C(=O)[C@@]2(OCc3ccccc3N2C(=O)c2ccccc2Cl)c2ccccc21. The highest BCUT2D eigenvalue weighted by molar-refractivity contribution is 6.35. The number of anilines is 2. The first kappa shape index (κ1) is 17.9. The number of hydrogen-bond donors (Lipinski definition) is 0. The summed E-state index contributed by atoms with van der Waals surface area (Å²) in [6.07, 6.45) is 0. The van der Waals surface area contributed by atoms with Crippen LogP contribution in [0.15, 0.2) is 72.8 Å². The molecule has 0 N–H and O–H groups in total. The van der Waals surface area contributed by atoms with Gasteiger partial charge in [-0.1, -0.05) is 60.1 Å². The van der Waals surface area contributed by atoms with Gasteiger partial charge >= 0.3 is 0 Å². The Morgan fingerprint density at radius 2 is 1.62 bits per heavy atom. The van der Waals surface area contributed by atoms with Crippen molar-refractivity contribution in [3.05, 3.63) is 94.5 Å². The van der Waals surface area contributed by atoms with Crippen LogP contribution in [-0.2, 0) is 21.9 Å². The zero-order chi connectivity index (χ0) is 20.2. The van der Waals surface area contributed by atoms with E-state index in [9.17, 15) is 9.59 Å². The molecular formula is C23H17ClN2O3. The van der Waals surface area contributed by atoms with E-state index < -0.39 is 5.72 Å². The van der Waals surface area contributed by atoms with Crippen molar-refractivity contribution in [2.24, 2.45) is 0 Å². The molecule has 0 saturated carbocycles. The lowest BCUT2D eigenvalue weighted by atomic mass is 9.96. The summed E-state index contributed by atoms with van der Waals surface area (Å²) in [5.41, 5.74) is 1.57. The lowest BCUT2D eigenvalue weighted by molar-refractivity contribution is -0.146. The van der Waals surface area contributed by atoms with Crippen molar-refractivity contribution in [1.82, 2.24) is 0 Å². The number of nitrogens with zero attached hydrogens (tertiary/aromatic N) is 2. The fourth-order valence-electron chi connectivity index (χ4n) is 4.14. The van der Waals surface area contributed by atoms with Crippen molar-refractivity contribution in [3.63, 3.8) is 0 Å². The summed E-state index contributed by atoms with van der Waals surface area (Å²) in [4.78, 5) is 30.3. The molecule has 0 fully saturated rings. The van der Waals surface area contributed by atoms with E-state index >= 15 is 0 Å². The minimum atomic E-state index is -1.57. The van der Waals surface area contributed by atoms with E-state index in [0.29, 0.717) is 27.5 Å². The van der Waals surface area contributed by atoms with Crippen LogP contribution in [0.3, 0.4) is 0 Å². The minimum Gasteiger partial charge on any atom is -0.338 e. The molecule has 1 spiro atoms. The van der Waals surface area contributed by atoms with Crippen LogP contribution < -0.4 is 9.80 Å². The van der Waals surface area contributed by atoms with Gasteiger partial charge in [0.1, 0.15) is 0 Å². The molecule has 1 atom stereocenters. The predicted molar refractivity (Wildman–Crippen MR) is 111 cm³/mol. The van der Waals surface area contributed by atoms with Crippen molar-refractivity contribution >= 4 is 34.8 Å². The molecule has 0 unspecified atom stereocenters. The molecular weight excluding hydrogens is 388 g/mol. The molecule has 0 bridgehead atoms. The maximum atomic E-state index is 13.8. The number of benzene rings is 3. The van der Waals surface area contributed by atoms with Crippen LogP contribution >= 0.6 is 11.6 Å². The number of fused-ring (bicyclic) bond motifs is 3. The van der Waals surface area contributed by atoms with Gasteiger partial charge in [-0.3, -0.25) is 14.5 Å². The monoisotopic (exact) mass is 404 g/mol. The lowest BCUT2D eigenvalue weighted by Crippen LogP contribution is -2.59. The molecule has 3 aromatic carbocycles. The van der Waals surface area contributed by atoms with E-state index in [1.807, 2.05) is 48.5 Å². The van der Waals surface area contributed by atoms with Gasteiger partial charge < -0.3 is 9.64 Å². The zero-order valence-electron chi connectivity index (χ0n) is 15.6. The molecule has 2 amide bonds. The molecule has 2 aliphatic heterocycles. The number of halogens is 1. The number of carbonyl (C=O) groups is 2. The maximum absolute atomic E-state index is 13.8. The topological polar surface area (TPSA) is 49.9 Å². The van der Waals surface area contributed by atoms with Crippen LogP contribution in [0.4, 0.5) is 11.4 Å². The standard InChI is InChI=1S/C23H17ClN2O3/c1-25-20-13-7-4-10-17(20)23(22(25)28)26(19-12-6-2-8-15(19)14-29-23)21(27)16-9-3-5-11-18(16)24/h2-13H,14H2,1H3/t23-/m0/s1. The molecule has 0 radical (unpaired) electrons. The smallest absolute Gasteiger partial charge is 0.285 e. The number of para-hydroxylation sites is 2. The Bertz CT molecular complexity index is 1160. The van der Waals surface area contributed by atoms with E-state index in [1.165, 1.54) is 9.80 Å². The van der Waals surface area contributed by atoms with Gasteiger partial charge in [0.25, 0.3) is 17.5 Å². The molecule has 5 nitrogen and oxygen atoms in total. The molecule has 0 aliphatic carbocycles. The third kappa shape index (κ3) is 2.38. The summed E-state index contributed by atoms with van der Waals surface area (Å²) >= 11 is 6.34. The normalized spacial score (nSPS) is 20.0. The van der Waals surface area contributed by atoms with Crippen LogP contribution in [0.25, 0.3) is 0 Å². The number of rotatable bonds is 1. The van der Waals surface area contributed by atoms with Gasteiger partial charge in [-0.15, -0.1) is 0 Å². The molecule has 2 heterocycles. The number of amides is 2. The van der Waals surface area contributed by atoms with Crippen molar-refractivity contribution in [3.8, 4) is 0 Å². The van der Waals surface area contributed by atoms with Crippen molar-refractivity contribution < 1.29 is 14.3 Å². The Balaban J connectivity index is 1.80. The van der Waals surface area contributed by atoms with E-state index in [-0.39, 0.29) is 18.4 Å². The number of likely N-dealkylation sites (N-methyl/N-ethyl adjacent to an activating group) is 1. The van der Waals surface area contributed by atoms with Gasteiger partial charge in [0.15, 0.2) is 0 Å². The van der Waals surface area contributed by atoms with Crippen molar-refractivity contribution in [2.75, 3.05) is 16.8 Å². The summed E-state index contributed by atoms with van der Waals surface area (Å²) in [6.45, 7) is 0.219. The van der Waals surface area contributed by atoms with Crippen molar-refractivity contribution in [1.29, 1.82) is 0 Å². The highest BCUT2D eigenvalue weighted by Crippen LogP contribution is 2.50. The molecule has 0 saturated heterocycles. The summed E-state index contributed by atoms with van der Waals surface area (Å²) in [7, 11) is 1.69. The second-order valence-electron chi connectivity index (χ2n) is 7.06. The maximum Gasteiger partial charge on any atom is 0.285 e. The Hall–Kier alpha value is -3.15. The first-order valence-corrected chi connectivity index (χ1v) is 9.62. The van der Waals surface area contributed by atoms with Crippen LogP contribution in [0.2, 0.25) is 5.02 Å². The van der Waals surface area contributed by atoms with Crippen LogP contribution in [0.1, 0.15) is 21.5 Å². The van der Waals surface area contributed by atoms with Crippen LogP contribution in [0.5, 0.6) is 0 Å². The average Bonchev–Trinajstić information content (AvgIpc) is 2.96. The fourth-order valence-corrected chi connectivity index (χ4v) is 4.35. The second-order valence-corrected chi connectivity index (χ2v) is 7.47. The van der Waals surface area contributed by atoms with Crippen LogP contribution in [0, 0.1) is 0 Å². The third-order valence-corrected chi connectivity index (χ3v) is 5.85. The van der Waals surface area contributed by atoms with Gasteiger partial charge in [0.2, 0.25) is 0 Å². The summed E-state index contributed by atoms with van der Waals surface area (Å²) in [5.74, 6) is -0.699. The van der Waals surface area contributed by atoms with Crippen LogP contribution in [-0.4, -0.2) is 18.9 Å². The van der Waals surface area contributed by atoms with Gasteiger partial charge in [-0.05, 0) is 24.3 Å². The predicted octanol–water partition coefficient (Wildman–Crippen LogP) is 4.35. The van der Waals surface area contributed by atoms with E-state index in [1.54, 1.807) is 31.3 Å². The highest BCUT2D eigenvalue weighted by atomic mass is 35.5.